The molecular formula is C12H20N2. The second kappa shape index (κ2) is 6.44. The quantitative estimate of drug-likeness (QED) is 0.680. The van der Waals surface area contributed by atoms with Crippen molar-refractivity contribution in [1.29, 1.82) is 0 Å². The van der Waals surface area contributed by atoms with E-state index >= 15 is 0 Å². The van der Waals surface area contributed by atoms with Crippen LogP contribution in [-0.4, -0.2) is 6.54 Å². The van der Waals surface area contributed by atoms with E-state index in [1.807, 2.05) is 6.07 Å². The number of anilines is 1. The summed E-state index contributed by atoms with van der Waals surface area (Å²) in [7, 11) is 0. The monoisotopic (exact) mass is 192 g/mol. The Morgan fingerprint density at radius 3 is 2.86 bits per heavy atom. The third kappa shape index (κ3) is 3.79. The zero-order valence-corrected chi connectivity index (χ0v) is 8.92. The normalized spacial score (nSPS) is 10.1. The van der Waals surface area contributed by atoms with Crippen LogP contribution in [0.15, 0.2) is 24.3 Å². The van der Waals surface area contributed by atoms with E-state index < -0.39 is 0 Å². The molecule has 1 aromatic rings. The van der Waals surface area contributed by atoms with Gasteiger partial charge in [-0.15, -0.1) is 0 Å². The van der Waals surface area contributed by atoms with Gasteiger partial charge in [-0.3, -0.25) is 0 Å². The summed E-state index contributed by atoms with van der Waals surface area (Å²) in [5.74, 6) is 0. The first-order valence-electron chi connectivity index (χ1n) is 5.39. The first-order valence-corrected chi connectivity index (χ1v) is 5.39. The van der Waals surface area contributed by atoms with Gasteiger partial charge in [-0.25, -0.2) is 0 Å². The number of nitrogens with one attached hydrogen (secondary N) is 1. The Bertz CT molecular complexity index is 258. The van der Waals surface area contributed by atoms with Gasteiger partial charge in [0.2, 0.25) is 0 Å². The lowest BCUT2D eigenvalue weighted by molar-refractivity contribution is 0.744. The number of unbranched alkanes of at least 4 members (excludes halogenated alkanes) is 2. The molecule has 1 rings (SSSR count). The van der Waals surface area contributed by atoms with Gasteiger partial charge in [-0.2, -0.15) is 0 Å². The molecule has 14 heavy (non-hydrogen) atoms. The highest BCUT2D eigenvalue weighted by Gasteiger charge is 1.93. The van der Waals surface area contributed by atoms with E-state index in [0.717, 1.165) is 6.54 Å². The van der Waals surface area contributed by atoms with Crippen molar-refractivity contribution in [2.24, 2.45) is 5.73 Å². The molecular weight excluding hydrogens is 172 g/mol. The zero-order chi connectivity index (χ0) is 10.2. The standard InChI is InChI=1S/C12H20N2/c1-2-3-4-8-14-12-7-5-6-11(9-12)10-13/h5-7,9,14H,2-4,8,10,13H2,1H3. The lowest BCUT2D eigenvalue weighted by Crippen LogP contribution is -2.02. The van der Waals surface area contributed by atoms with E-state index in [9.17, 15) is 0 Å². The van der Waals surface area contributed by atoms with Crippen LogP contribution in [0.3, 0.4) is 0 Å². The molecule has 78 valence electrons. The van der Waals surface area contributed by atoms with Crippen LogP contribution in [0.4, 0.5) is 5.69 Å². The predicted octanol–water partition coefficient (Wildman–Crippen LogP) is 2.75. The minimum atomic E-state index is 0.616. The van der Waals surface area contributed by atoms with Crippen molar-refractivity contribution in [2.45, 2.75) is 32.7 Å². The summed E-state index contributed by atoms with van der Waals surface area (Å²) in [6, 6.07) is 8.30. The maximum atomic E-state index is 5.57. The minimum Gasteiger partial charge on any atom is -0.385 e. The van der Waals surface area contributed by atoms with Gasteiger partial charge in [0.1, 0.15) is 0 Å². The molecule has 0 unspecified atom stereocenters. The Hall–Kier alpha value is -1.02. The maximum absolute atomic E-state index is 5.57. The molecule has 0 saturated carbocycles. The van der Waals surface area contributed by atoms with Crippen molar-refractivity contribution >= 4 is 5.69 Å². The summed E-state index contributed by atoms with van der Waals surface area (Å²) in [6.45, 7) is 3.89. The third-order valence-electron chi connectivity index (χ3n) is 2.27. The van der Waals surface area contributed by atoms with Crippen LogP contribution in [0, 0.1) is 0 Å². The second-order valence-electron chi connectivity index (χ2n) is 3.54. The fraction of sp³-hybridized carbons (Fsp3) is 0.500. The molecule has 0 fully saturated rings. The first kappa shape index (κ1) is 11.1. The van der Waals surface area contributed by atoms with Crippen LogP contribution >= 0.6 is 0 Å². The van der Waals surface area contributed by atoms with Gasteiger partial charge in [-0.1, -0.05) is 31.9 Å². The Morgan fingerprint density at radius 1 is 1.29 bits per heavy atom. The number of hydrogen-bond acceptors (Lipinski definition) is 2. The molecule has 0 heterocycles. The molecule has 0 aliphatic rings. The molecule has 0 saturated heterocycles. The molecule has 0 amide bonds. The molecule has 0 radical (unpaired) electrons. The molecule has 3 N–H and O–H groups in total. The van der Waals surface area contributed by atoms with Crippen molar-refractivity contribution in [3.63, 3.8) is 0 Å². The maximum Gasteiger partial charge on any atom is 0.0343 e. The molecule has 0 aliphatic heterocycles. The smallest absolute Gasteiger partial charge is 0.0343 e. The molecule has 0 atom stereocenters. The van der Waals surface area contributed by atoms with Crippen LogP contribution in [0.1, 0.15) is 31.7 Å². The van der Waals surface area contributed by atoms with Crippen LogP contribution in [0.5, 0.6) is 0 Å². The van der Waals surface area contributed by atoms with E-state index in [1.165, 1.54) is 30.5 Å². The summed E-state index contributed by atoms with van der Waals surface area (Å²) < 4.78 is 0. The second-order valence-corrected chi connectivity index (χ2v) is 3.54. The Morgan fingerprint density at radius 2 is 2.14 bits per heavy atom. The van der Waals surface area contributed by atoms with Gasteiger partial charge in [-0.05, 0) is 24.1 Å². The highest BCUT2D eigenvalue weighted by Crippen LogP contribution is 2.10. The average molecular weight is 192 g/mol. The number of rotatable bonds is 6. The SMILES string of the molecule is CCCCCNc1cccc(CN)c1. The van der Waals surface area contributed by atoms with Crippen LogP contribution in [-0.2, 0) is 6.54 Å². The average Bonchev–Trinajstić information content (AvgIpc) is 2.25. The third-order valence-corrected chi connectivity index (χ3v) is 2.27. The van der Waals surface area contributed by atoms with Gasteiger partial charge in [0.05, 0.1) is 0 Å². The van der Waals surface area contributed by atoms with Crippen LogP contribution < -0.4 is 11.1 Å². The topological polar surface area (TPSA) is 38.0 Å². The van der Waals surface area contributed by atoms with Crippen molar-refractivity contribution in [1.82, 2.24) is 0 Å². The molecule has 0 bridgehead atoms. The fourth-order valence-electron chi connectivity index (χ4n) is 1.42. The first-order chi connectivity index (χ1) is 6.86. The van der Waals surface area contributed by atoms with E-state index in [4.69, 9.17) is 5.73 Å². The lowest BCUT2D eigenvalue weighted by atomic mass is 10.2. The molecule has 0 aromatic heterocycles. The Balaban J connectivity index is 2.34. The van der Waals surface area contributed by atoms with E-state index in [2.05, 4.69) is 30.4 Å². The van der Waals surface area contributed by atoms with Gasteiger partial charge in [0, 0.05) is 18.8 Å². The van der Waals surface area contributed by atoms with Crippen molar-refractivity contribution < 1.29 is 0 Å². The predicted molar refractivity (Wildman–Crippen MR) is 62.3 cm³/mol. The van der Waals surface area contributed by atoms with Crippen molar-refractivity contribution in [2.75, 3.05) is 11.9 Å². The number of nitrogens with two attached hydrogens (primary N) is 1. The van der Waals surface area contributed by atoms with Gasteiger partial charge in [0.25, 0.3) is 0 Å². The summed E-state index contributed by atoms with van der Waals surface area (Å²) in [6.07, 6.45) is 3.80. The van der Waals surface area contributed by atoms with E-state index in [1.54, 1.807) is 0 Å². The summed E-state index contributed by atoms with van der Waals surface area (Å²) >= 11 is 0. The molecule has 0 aliphatic carbocycles. The largest absolute Gasteiger partial charge is 0.385 e. The van der Waals surface area contributed by atoms with Gasteiger partial charge in [0.15, 0.2) is 0 Å². The number of hydrogen-bond donors (Lipinski definition) is 2. The summed E-state index contributed by atoms with van der Waals surface area (Å²) in [4.78, 5) is 0. The molecule has 1 aromatic carbocycles. The fourth-order valence-corrected chi connectivity index (χ4v) is 1.42. The van der Waals surface area contributed by atoms with Crippen LogP contribution in [0.2, 0.25) is 0 Å². The zero-order valence-electron chi connectivity index (χ0n) is 8.92. The highest BCUT2D eigenvalue weighted by atomic mass is 14.9. The Labute approximate surface area is 86.5 Å². The highest BCUT2D eigenvalue weighted by molar-refractivity contribution is 5.45. The molecule has 2 heteroatoms. The molecule has 0 spiro atoms. The van der Waals surface area contributed by atoms with Gasteiger partial charge < -0.3 is 11.1 Å². The van der Waals surface area contributed by atoms with E-state index in [0.29, 0.717) is 6.54 Å². The van der Waals surface area contributed by atoms with Gasteiger partial charge >= 0.3 is 0 Å². The van der Waals surface area contributed by atoms with Crippen LogP contribution in [0.25, 0.3) is 0 Å². The number of benzene rings is 1. The summed E-state index contributed by atoms with van der Waals surface area (Å²) in [5, 5.41) is 3.40. The molecule has 2 nitrogen and oxygen atoms in total. The van der Waals surface area contributed by atoms with Crippen molar-refractivity contribution in [3.05, 3.63) is 29.8 Å². The minimum absolute atomic E-state index is 0.616. The summed E-state index contributed by atoms with van der Waals surface area (Å²) in [5.41, 5.74) is 7.94. The van der Waals surface area contributed by atoms with Crippen molar-refractivity contribution in [3.8, 4) is 0 Å². The van der Waals surface area contributed by atoms with E-state index in [-0.39, 0.29) is 0 Å². The lowest BCUT2D eigenvalue weighted by Gasteiger charge is -2.06. The Kier molecular flexibility index (Phi) is 5.08.